The molecular formula is C7H8F6O2. The monoisotopic (exact) mass is 238 g/mol. The van der Waals surface area contributed by atoms with E-state index in [0.717, 1.165) is 0 Å². The van der Waals surface area contributed by atoms with Crippen molar-refractivity contribution in [2.45, 2.75) is 36.9 Å². The highest BCUT2D eigenvalue weighted by molar-refractivity contribution is 5.03. The minimum atomic E-state index is -5.89. The Morgan fingerprint density at radius 1 is 1.20 bits per heavy atom. The molecule has 2 unspecified atom stereocenters. The number of aliphatic hydroxyl groups is 1. The van der Waals surface area contributed by atoms with E-state index in [-0.39, 0.29) is 13.0 Å². The van der Waals surface area contributed by atoms with Crippen molar-refractivity contribution in [3.05, 3.63) is 0 Å². The first-order chi connectivity index (χ1) is 6.65. The second kappa shape index (κ2) is 3.51. The number of hydrogen-bond acceptors (Lipinski definition) is 2. The topological polar surface area (TPSA) is 29.5 Å². The SMILES string of the molecule is OC1(C(F)(C(F)F)C(F)(F)F)CCCO1. The summed E-state index contributed by atoms with van der Waals surface area (Å²) in [4.78, 5) is 0. The molecule has 0 aliphatic carbocycles. The van der Waals surface area contributed by atoms with E-state index in [1.54, 1.807) is 0 Å². The van der Waals surface area contributed by atoms with Crippen LogP contribution in [0.2, 0.25) is 0 Å². The molecule has 0 spiro atoms. The molecule has 1 rings (SSSR count). The average Bonchev–Trinajstić information content (AvgIpc) is 2.49. The van der Waals surface area contributed by atoms with Crippen molar-refractivity contribution in [2.24, 2.45) is 0 Å². The van der Waals surface area contributed by atoms with Crippen LogP contribution in [0.25, 0.3) is 0 Å². The first-order valence-corrected chi connectivity index (χ1v) is 4.05. The summed E-state index contributed by atoms with van der Waals surface area (Å²) in [5.41, 5.74) is -5.05. The van der Waals surface area contributed by atoms with Gasteiger partial charge in [0, 0.05) is 6.42 Å². The predicted octanol–water partition coefficient (Wildman–Crippen LogP) is 2.02. The van der Waals surface area contributed by atoms with Crippen molar-refractivity contribution in [1.29, 1.82) is 0 Å². The van der Waals surface area contributed by atoms with Gasteiger partial charge in [0.15, 0.2) is 0 Å². The maximum atomic E-state index is 13.3. The van der Waals surface area contributed by atoms with Crippen LogP contribution < -0.4 is 0 Å². The second-order valence-corrected chi connectivity index (χ2v) is 3.25. The van der Waals surface area contributed by atoms with Crippen molar-refractivity contribution in [2.75, 3.05) is 6.61 Å². The van der Waals surface area contributed by atoms with E-state index < -0.39 is 30.5 Å². The summed E-state index contributed by atoms with van der Waals surface area (Å²) in [6, 6.07) is 0. The number of ether oxygens (including phenoxy) is 1. The zero-order valence-corrected chi connectivity index (χ0v) is 7.32. The van der Waals surface area contributed by atoms with Gasteiger partial charge in [-0.05, 0) is 6.42 Å². The molecule has 8 heteroatoms. The first kappa shape index (κ1) is 12.6. The molecule has 2 atom stereocenters. The van der Waals surface area contributed by atoms with Gasteiger partial charge in [-0.15, -0.1) is 0 Å². The maximum absolute atomic E-state index is 13.3. The average molecular weight is 238 g/mol. The molecule has 1 heterocycles. The summed E-state index contributed by atoms with van der Waals surface area (Å²) in [5, 5.41) is 9.12. The van der Waals surface area contributed by atoms with E-state index in [2.05, 4.69) is 4.74 Å². The van der Waals surface area contributed by atoms with Gasteiger partial charge in [0.1, 0.15) is 0 Å². The van der Waals surface area contributed by atoms with Crippen LogP contribution in [0.4, 0.5) is 26.3 Å². The maximum Gasteiger partial charge on any atom is 0.433 e. The molecule has 1 saturated heterocycles. The highest BCUT2D eigenvalue weighted by Gasteiger charge is 2.75. The van der Waals surface area contributed by atoms with Gasteiger partial charge in [-0.2, -0.15) is 13.2 Å². The third kappa shape index (κ3) is 1.69. The normalized spacial score (nSPS) is 32.0. The molecule has 0 saturated carbocycles. The Kier molecular flexibility index (Phi) is 2.94. The van der Waals surface area contributed by atoms with E-state index in [9.17, 15) is 26.3 Å². The van der Waals surface area contributed by atoms with Crippen molar-refractivity contribution < 1.29 is 36.2 Å². The molecular weight excluding hydrogens is 230 g/mol. The molecule has 0 aromatic heterocycles. The molecule has 0 amide bonds. The molecule has 0 aromatic carbocycles. The summed E-state index contributed by atoms with van der Waals surface area (Å²) < 4.78 is 78.1. The van der Waals surface area contributed by atoms with Crippen LogP contribution in [0.3, 0.4) is 0 Å². The number of rotatable bonds is 2. The van der Waals surface area contributed by atoms with Crippen molar-refractivity contribution >= 4 is 0 Å². The van der Waals surface area contributed by atoms with Crippen LogP contribution >= 0.6 is 0 Å². The van der Waals surface area contributed by atoms with E-state index in [1.807, 2.05) is 0 Å². The van der Waals surface area contributed by atoms with Crippen LogP contribution in [0.5, 0.6) is 0 Å². The first-order valence-electron chi connectivity index (χ1n) is 4.05. The molecule has 1 aliphatic rings. The van der Waals surface area contributed by atoms with Gasteiger partial charge in [0.2, 0.25) is 5.79 Å². The Hall–Kier alpha value is -0.500. The van der Waals surface area contributed by atoms with Crippen LogP contribution in [0, 0.1) is 0 Å². The second-order valence-electron chi connectivity index (χ2n) is 3.25. The summed E-state index contributed by atoms with van der Waals surface area (Å²) in [7, 11) is 0. The van der Waals surface area contributed by atoms with Crippen LogP contribution in [0.15, 0.2) is 0 Å². The van der Waals surface area contributed by atoms with E-state index in [0.29, 0.717) is 0 Å². The van der Waals surface area contributed by atoms with Crippen molar-refractivity contribution in [3.63, 3.8) is 0 Å². The number of halogens is 6. The van der Waals surface area contributed by atoms with Gasteiger partial charge in [0.05, 0.1) is 6.61 Å². The van der Waals surface area contributed by atoms with Gasteiger partial charge >= 0.3 is 11.8 Å². The third-order valence-electron chi connectivity index (χ3n) is 2.28. The summed E-state index contributed by atoms with van der Waals surface area (Å²) >= 11 is 0. The Morgan fingerprint density at radius 2 is 1.73 bits per heavy atom. The van der Waals surface area contributed by atoms with E-state index >= 15 is 0 Å². The van der Waals surface area contributed by atoms with Crippen LogP contribution in [-0.2, 0) is 4.74 Å². The lowest BCUT2D eigenvalue weighted by atomic mass is 9.92. The van der Waals surface area contributed by atoms with Gasteiger partial charge in [-0.25, -0.2) is 13.2 Å². The molecule has 15 heavy (non-hydrogen) atoms. The van der Waals surface area contributed by atoms with Crippen LogP contribution in [0.1, 0.15) is 12.8 Å². The molecule has 2 nitrogen and oxygen atoms in total. The summed E-state index contributed by atoms with van der Waals surface area (Å²) in [6.07, 6.45) is -11.2. The predicted molar refractivity (Wildman–Crippen MR) is 36.0 cm³/mol. The highest BCUT2D eigenvalue weighted by Crippen LogP contribution is 2.50. The smallest absolute Gasteiger partial charge is 0.363 e. The summed E-state index contributed by atoms with van der Waals surface area (Å²) in [5.74, 6) is -3.49. The molecule has 0 radical (unpaired) electrons. The molecule has 1 aliphatic heterocycles. The van der Waals surface area contributed by atoms with Crippen molar-refractivity contribution in [1.82, 2.24) is 0 Å². The van der Waals surface area contributed by atoms with Crippen LogP contribution in [-0.4, -0.2) is 35.8 Å². The molecule has 0 bridgehead atoms. The number of hydrogen-bond donors (Lipinski definition) is 1. The summed E-state index contributed by atoms with van der Waals surface area (Å²) in [6.45, 7) is -0.384. The fourth-order valence-corrected chi connectivity index (χ4v) is 1.43. The zero-order valence-electron chi connectivity index (χ0n) is 7.32. The van der Waals surface area contributed by atoms with E-state index in [4.69, 9.17) is 5.11 Å². The standard InChI is InChI=1S/C7H8F6O2/c8-4(9)6(10,7(11,12)13)5(14)2-1-3-15-5/h4,14H,1-3H2. The highest BCUT2D eigenvalue weighted by atomic mass is 19.4. The fourth-order valence-electron chi connectivity index (χ4n) is 1.43. The fraction of sp³-hybridized carbons (Fsp3) is 1.00. The lowest BCUT2D eigenvalue weighted by Gasteiger charge is -2.37. The molecule has 0 aromatic rings. The zero-order chi connectivity index (χ0) is 11.9. The minimum Gasteiger partial charge on any atom is -0.363 e. The van der Waals surface area contributed by atoms with Crippen molar-refractivity contribution in [3.8, 4) is 0 Å². The van der Waals surface area contributed by atoms with Gasteiger partial charge in [-0.3, -0.25) is 0 Å². The Balaban J connectivity index is 3.11. The molecule has 90 valence electrons. The van der Waals surface area contributed by atoms with E-state index in [1.165, 1.54) is 0 Å². The lowest BCUT2D eigenvalue weighted by molar-refractivity contribution is -0.376. The molecule has 1 fully saturated rings. The van der Waals surface area contributed by atoms with Gasteiger partial charge in [-0.1, -0.05) is 0 Å². The Bertz CT molecular complexity index is 234. The number of alkyl halides is 6. The van der Waals surface area contributed by atoms with Gasteiger partial charge in [0.25, 0.3) is 6.43 Å². The van der Waals surface area contributed by atoms with Gasteiger partial charge < -0.3 is 9.84 Å². The Morgan fingerprint density at radius 3 is 2.00 bits per heavy atom. The molecule has 1 N–H and O–H groups in total. The lowest BCUT2D eigenvalue weighted by Crippen LogP contribution is -2.64. The largest absolute Gasteiger partial charge is 0.433 e. The third-order valence-corrected chi connectivity index (χ3v) is 2.28. The Labute approximate surface area is 80.8 Å². The quantitative estimate of drug-likeness (QED) is 0.746. The minimum absolute atomic E-state index is 0.106.